The summed E-state index contributed by atoms with van der Waals surface area (Å²) in [5, 5.41) is 2.74. The molecule has 0 radical (unpaired) electrons. The third-order valence-electron chi connectivity index (χ3n) is 11.0. The van der Waals surface area contributed by atoms with E-state index in [9.17, 15) is 19.2 Å². The van der Waals surface area contributed by atoms with Crippen LogP contribution < -0.4 is 9.74 Å². The highest BCUT2D eigenvalue weighted by Gasteiger charge is 2.56. The summed E-state index contributed by atoms with van der Waals surface area (Å²) < 4.78 is 36.4. The lowest BCUT2D eigenvalue weighted by Crippen LogP contribution is -2.56. The molecule has 15 heteroatoms. The van der Waals surface area contributed by atoms with Crippen LogP contribution in [0, 0.1) is 0 Å². The molecule has 0 aliphatic carbocycles. The van der Waals surface area contributed by atoms with Crippen molar-refractivity contribution in [3.63, 3.8) is 0 Å². The molecule has 4 aromatic carbocycles. The second kappa shape index (κ2) is 19.3. The van der Waals surface area contributed by atoms with Crippen LogP contribution in [0.4, 0.5) is 0 Å². The topological polar surface area (TPSA) is 156 Å². The number of nitrogens with one attached hydrogen (secondary N) is 1. The Kier molecular flexibility index (Phi) is 14.1. The Bertz CT molecular complexity index is 2330. The molecule has 0 unspecified atom stereocenters. The van der Waals surface area contributed by atoms with Gasteiger partial charge in [-0.2, -0.15) is 0 Å². The Morgan fingerprint density at radius 3 is 1.79 bits per heavy atom. The number of nitrogens with zero attached hydrogens (tertiary/aromatic N) is 1. The van der Waals surface area contributed by atoms with Crippen molar-refractivity contribution >= 4 is 55.4 Å². The van der Waals surface area contributed by atoms with E-state index in [0.717, 1.165) is 0 Å². The highest BCUT2D eigenvalue weighted by atomic mass is 32.1. The summed E-state index contributed by atoms with van der Waals surface area (Å²) in [6, 6.07) is 30.2. The number of carbonyl (C=O) groups is 5. The third-order valence-corrected chi connectivity index (χ3v) is 15.6. The Balaban J connectivity index is 1.45. The van der Waals surface area contributed by atoms with Crippen LogP contribution in [-0.4, -0.2) is 85.7 Å². The van der Waals surface area contributed by atoms with Crippen LogP contribution >= 0.6 is 12.2 Å². The summed E-state index contributed by atoms with van der Waals surface area (Å²) in [7, 11) is -2.37. The molecule has 0 bridgehead atoms. The van der Waals surface area contributed by atoms with Gasteiger partial charge in [0.05, 0.1) is 34.9 Å². The van der Waals surface area contributed by atoms with Crippen LogP contribution in [0.15, 0.2) is 127 Å². The lowest BCUT2D eigenvalue weighted by atomic mass is 9.92. The van der Waals surface area contributed by atoms with Crippen molar-refractivity contribution < 1.29 is 52.1 Å². The number of carbonyl (C=O) groups excluding carboxylic acids is 5. The molecule has 1 N–H and O–H groups in total. The zero-order chi connectivity index (χ0) is 44.8. The molecule has 2 aliphatic rings. The highest BCUT2D eigenvalue weighted by molar-refractivity contribution is 7.80. The van der Waals surface area contributed by atoms with E-state index in [1.54, 1.807) is 98.8 Å². The first-order valence-electron chi connectivity index (χ1n) is 20.2. The second-order valence-corrected chi connectivity index (χ2v) is 21.4. The zero-order valence-corrected chi connectivity index (χ0v) is 37.4. The van der Waals surface area contributed by atoms with Crippen molar-refractivity contribution in [2.45, 2.75) is 83.2 Å². The standard InChI is InChI=1S/C47H50N2O11SSi/c1-8-55-45(54)36-29(2)48-46(61)49(37(36)33-25-18-26-34(27-33)60-62(6,7)47(3,4)5)41(50)40-39(59-44(53)32-23-16-11-17-24-32)38(58-43(52)31-21-14-10-15-22-31)35(57-40)28-56-42(51)30-19-12-9-13-20-30/h9-27,35,37-40H,8,28H2,1-7H3,(H,48,61)/t35-,37+,38-,39-,40-/m1/s1. The summed E-state index contributed by atoms with van der Waals surface area (Å²) in [6.07, 6.45) is -6.20. The smallest absolute Gasteiger partial charge is 0.338 e. The average Bonchev–Trinajstić information content (AvgIpc) is 3.58. The number of ether oxygens (including phenoxy) is 5. The molecule has 1 saturated heterocycles. The lowest BCUT2D eigenvalue weighted by Gasteiger charge is -2.40. The van der Waals surface area contributed by atoms with Crippen molar-refractivity contribution in [2.24, 2.45) is 0 Å². The number of allylic oxidation sites excluding steroid dienone is 1. The van der Waals surface area contributed by atoms with Crippen LogP contribution in [0.25, 0.3) is 0 Å². The van der Waals surface area contributed by atoms with Crippen molar-refractivity contribution in [3.05, 3.63) is 149 Å². The van der Waals surface area contributed by atoms with E-state index in [-0.39, 0.29) is 39.0 Å². The first-order chi connectivity index (χ1) is 29.5. The van der Waals surface area contributed by atoms with Gasteiger partial charge in [0, 0.05) is 5.70 Å². The molecule has 62 heavy (non-hydrogen) atoms. The van der Waals surface area contributed by atoms with Crippen LogP contribution in [0.3, 0.4) is 0 Å². The number of thiocarbonyl (C=S) groups is 1. The highest BCUT2D eigenvalue weighted by Crippen LogP contribution is 2.41. The van der Waals surface area contributed by atoms with Crippen molar-refractivity contribution in [2.75, 3.05) is 13.2 Å². The van der Waals surface area contributed by atoms with Gasteiger partial charge in [-0.15, -0.1) is 0 Å². The van der Waals surface area contributed by atoms with Gasteiger partial charge in [-0.05, 0) is 98.3 Å². The Hall–Kier alpha value is -6.16. The van der Waals surface area contributed by atoms with Gasteiger partial charge < -0.3 is 33.4 Å². The summed E-state index contributed by atoms with van der Waals surface area (Å²) in [4.78, 5) is 71.4. The molecule has 0 saturated carbocycles. The maximum absolute atomic E-state index is 15.4. The first-order valence-corrected chi connectivity index (χ1v) is 23.5. The average molecular weight is 879 g/mol. The molecule has 0 aromatic heterocycles. The van der Waals surface area contributed by atoms with Crippen LogP contribution in [0.2, 0.25) is 18.1 Å². The minimum Gasteiger partial charge on any atom is -0.543 e. The van der Waals surface area contributed by atoms with Gasteiger partial charge in [0.1, 0.15) is 18.5 Å². The van der Waals surface area contributed by atoms with Crippen LogP contribution in [0.5, 0.6) is 5.75 Å². The largest absolute Gasteiger partial charge is 0.543 e. The normalized spacial score (nSPS) is 20.1. The van der Waals surface area contributed by atoms with E-state index in [1.807, 2.05) is 6.07 Å². The van der Waals surface area contributed by atoms with Gasteiger partial charge in [-0.3, -0.25) is 9.69 Å². The van der Waals surface area contributed by atoms with E-state index in [0.29, 0.717) is 17.0 Å². The minimum atomic E-state index is -2.37. The maximum Gasteiger partial charge on any atom is 0.338 e. The third kappa shape index (κ3) is 10.1. The van der Waals surface area contributed by atoms with Crippen molar-refractivity contribution in [1.82, 2.24) is 10.2 Å². The number of hydrogen-bond donors (Lipinski definition) is 1. The lowest BCUT2D eigenvalue weighted by molar-refractivity contribution is -0.146. The van der Waals surface area contributed by atoms with E-state index < -0.39 is 75.2 Å². The monoisotopic (exact) mass is 878 g/mol. The van der Waals surface area contributed by atoms with E-state index in [1.165, 1.54) is 29.2 Å². The number of benzene rings is 4. The van der Waals surface area contributed by atoms with E-state index in [2.05, 4.69) is 39.2 Å². The molecule has 1 fully saturated rings. The fourth-order valence-corrected chi connectivity index (χ4v) is 8.14. The predicted octanol–water partition coefficient (Wildman–Crippen LogP) is 7.74. The predicted molar refractivity (Wildman–Crippen MR) is 236 cm³/mol. The molecule has 1 amide bonds. The molecule has 2 heterocycles. The molecule has 6 rings (SSSR count). The molecule has 4 aromatic rings. The maximum atomic E-state index is 15.4. The second-order valence-electron chi connectivity index (χ2n) is 16.3. The summed E-state index contributed by atoms with van der Waals surface area (Å²) >= 11 is 5.87. The van der Waals surface area contributed by atoms with E-state index >= 15 is 4.79 Å². The molecule has 5 atom stereocenters. The van der Waals surface area contributed by atoms with Gasteiger partial charge in [0.2, 0.25) is 8.32 Å². The zero-order valence-electron chi connectivity index (χ0n) is 35.6. The SMILES string of the molecule is CCOC(=O)C1=C(C)NC(=S)N(C(=O)[C@@H]2O[C@H](COC(=O)c3ccccc3)[C@@H](OC(=O)c3ccccc3)[C@H]2OC(=O)c2ccccc2)[C@H]1c1cccc(O[Si](C)(C)C(C)(C)C)c1. The first kappa shape index (κ1) is 45.4. The molecular formula is C47H50N2O11SSi. The fraction of sp³-hybridized carbons (Fsp3) is 0.319. The Morgan fingerprint density at radius 1 is 0.726 bits per heavy atom. The summed E-state index contributed by atoms with van der Waals surface area (Å²) in [5.74, 6) is -3.43. The van der Waals surface area contributed by atoms with Crippen molar-refractivity contribution in [3.8, 4) is 5.75 Å². The van der Waals surface area contributed by atoms with Gasteiger partial charge in [0.15, 0.2) is 23.4 Å². The van der Waals surface area contributed by atoms with Crippen molar-refractivity contribution in [1.29, 1.82) is 0 Å². The van der Waals surface area contributed by atoms with Gasteiger partial charge >= 0.3 is 23.9 Å². The minimum absolute atomic E-state index is 0.0380. The quantitative estimate of drug-likeness (QED) is 0.0603. The number of rotatable bonds is 13. The van der Waals surface area contributed by atoms with Crippen LogP contribution in [-0.2, 0) is 33.3 Å². The van der Waals surface area contributed by atoms with Gasteiger partial charge in [-0.1, -0.05) is 87.5 Å². The van der Waals surface area contributed by atoms with Crippen LogP contribution in [0.1, 0.15) is 77.3 Å². The Labute approximate surface area is 367 Å². The molecule has 324 valence electrons. The van der Waals surface area contributed by atoms with E-state index in [4.69, 9.17) is 40.3 Å². The van der Waals surface area contributed by atoms with Gasteiger partial charge in [-0.25, -0.2) is 19.2 Å². The molecular weight excluding hydrogens is 829 g/mol. The number of hydrogen-bond acceptors (Lipinski definition) is 12. The fourth-order valence-electron chi connectivity index (χ4n) is 6.77. The summed E-state index contributed by atoms with van der Waals surface area (Å²) in [6.45, 7) is 13.4. The summed E-state index contributed by atoms with van der Waals surface area (Å²) in [5.41, 5.74) is 1.42. The number of esters is 4. The molecule has 0 spiro atoms. The Morgan fingerprint density at radius 2 is 1.26 bits per heavy atom. The molecule has 13 nitrogen and oxygen atoms in total. The van der Waals surface area contributed by atoms with Gasteiger partial charge in [0.25, 0.3) is 5.91 Å². The molecule has 2 aliphatic heterocycles. The number of amides is 1.